The average molecular weight is 684 g/mol. The van der Waals surface area contributed by atoms with E-state index in [0.29, 0.717) is 30.4 Å². The second-order valence-corrected chi connectivity index (χ2v) is 12.9. The molecule has 1 fully saturated rings. The fourth-order valence-electron chi connectivity index (χ4n) is 5.91. The number of rotatable bonds is 19. The van der Waals surface area contributed by atoms with E-state index in [1.165, 1.54) is 0 Å². The number of unbranched alkanes of at least 4 members (excludes halogenated alkanes) is 1. The van der Waals surface area contributed by atoms with Gasteiger partial charge in [0.05, 0.1) is 0 Å². The summed E-state index contributed by atoms with van der Waals surface area (Å²) < 4.78 is 0. The predicted molar refractivity (Wildman–Crippen MR) is 182 cm³/mol. The van der Waals surface area contributed by atoms with Crippen molar-refractivity contribution in [2.24, 2.45) is 11.8 Å². The Bertz CT molecular complexity index is 1460. The Morgan fingerprint density at radius 3 is 2.02 bits per heavy atom. The highest BCUT2D eigenvalue weighted by Gasteiger charge is 2.30. The minimum Gasteiger partial charge on any atom is -0.481 e. The molecule has 0 unspecified atom stereocenters. The lowest BCUT2D eigenvalue weighted by atomic mass is 9.81. The molecule has 14 heteroatoms. The summed E-state index contributed by atoms with van der Waals surface area (Å²) in [7, 11) is 0. The molecule has 0 aromatic heterocycles. The maximum atomic E-state index is 13.5. The van der Waals surface area contributed by atoms with Gasteiger partial charge in [-0.1, -0.05) is 50.2 Å². The molecular formula is C35H49N5O9. The lowest BCUT2D eigenvalue weighted by Crippen LogP contribution is -2.51. The third kappa shape index (κ3) is 13.0. The SMILES string of the molecule is CC(C)NCC1CCC(C(=O)N[C@H](C(=O)NCCCC[C@H](NC(=O)N[C@@H](CCC(=O)O)C(=O)O)C(=O)O)c2ccc3ccccc3c2)CC1. The van der Waals surface area contributed by atoms with Crippen molar-refractivity contribution in [3.05, 3.63) is 48.0 Å². The minimum absolute atomic E-state index is 0.00824. The fourth-order valence-corrected chi connectivity index (χ4v) is 5.91. The molecule has 0 spiro atoms. The number of hydrogen-bond donors (Lipinski definition) is 8. The van der Waals surface area contributed by atoms with Crippen molar-refractivity contribution in [3.63, 3.8) is 0 Å². The monoisotopic (exact) mass is 683 g/mol. The third-order valence-electron chi connectivity index (χ3n) is 8.76. The van der Waals surface area contributed by atoms with Crippen LogP contribution in [0.3, 0.4) is 0 Å². The molecule has 1 aliphatic rings. The van der Waals surface area contributed by atoms with Gasteiger partial charge in [-0.2, -0.15) is 0 Å². The first-order chi connectivity index (χ1) is 23.3. The van der Waals surface area contributed by atoms with Gasteiger partial charge in [0.25, 0.3) is 0 Å². The number of amides is 4. The number of carbonyl (C=O) groups is 6. The molecule has 4 amide bonds. The molecule has 0 saturated heterocycles. The second-order valence-electron chi connectivity index (χ2n) is 12.9. The molecule has 0 heterocycles. The predicted octanol–water partition coefficient (Wildman–Crippen LogP) is 3.16. The molecule has 2 aromatic rings. The molecule has 2 aromatic carbocycles. The van der Waals surface area contributed by atoms with Crippen molar-refractivity contribution in [1.29, 1.82) is 0 Å². The lowest BCUT2D eigenvalue weighted by molar-refractivity contribution is -0.141. The average Bonchev–Trinajstić information content (AvgIpc) is 3.06. The quantitative estimate of drug-likeness (QED) is 0.101. The molecular weight excluding hydrogens is 634 g/mol. The number of nitrogens with one attached hydrogen (secondary N) is 5. The number of hydrogen-bond acceptors (Lipinski definition) is 7. The highest BCUT2D eigenvalue weighted by atomic mass is 16.4. The Morgan fingerprint density at radius 2 is 1.41 bits per heavy atom. The summed E-state index contributed by atoms with van der Waals surface area (Å²) in [5.41, 5.74) is 0.642. The van der Waals surface area contributed by atoms with Gasteiger partial charge in [0, 0.05) is 24.9 Å². The van der Waals surface area contributed by atoms with Gasteiger partial charge >= 0.3 is 23.9 Å². The van der Waals surface area contributed by atoms with Gasteiger partial charge in [-0.25, -0.2) is 14.4 Å². The number of urea groups is 1. The van der Waals surface area contributed by atoms with Crippen LogP contribution < -0.4 is 26.6 Å². The fraction of sp³-hybridized carbons (Fsp3) is 0.543. The molecule has 268 valence electrons. The molecule has 0 radical (unpaired) electrons. The number of carboxylic acids is 3. The highest BCUT2D eigenvalue weighted by Crippen LogP contribution is 2.30. The number of aliphatic carboxylic acids is 3. The van der Waals surface area contributed by atoms with Crippen LogP contribution in [-0.4, -0.2) is 82.3 Å². The van der Waals surface area contributed by atoms with Crippen molar-refractivity contribution >= 4 is 46.5 Å². The molecule has 14 nitrogen and oxygen atoms in total. The zero-order chi connectivity index (χ0) is 35.9. The van der Waals surface area contributed by atoms with Crippen LogP contribution in [0.2, 0.25) is 0 Å². The number of fused-ring (bicyclic) bond motifs is 1. The van der Waals surface area contributed by atoms with Gasteiger partial charge in [0.15, 0.2) is 0 Å². The van der Waals surface area contributed by atoms with E-state index in [1.807, 2.05) is 42.5 Å². The van der Waals surface area contributed by atoms with Crippen molar-refractivity contribution in [2.75, 3.05) is 13.1 Å². The molecule has 3 rings (SSSR count). The highest BCUT2D eigenvalue weighted by molar-refractivity contribution is 5.91. The van der Waals surface area contributed by atoms with Gasteiger partial charge in [0.2, 0.25) is 11.8 Å². The molecule has 8 N–H and O–H groups in total. The van der Waals surface area contributed by atoms with Crippen LogP contribution in [0.15, 0.2) is 42.5 Å². The van der Waals surface area contributed by atoms with Crippen molar-refractivity contribution in [3.8, 4) is 0 Å². The largest absolute Gasteiger partial charge is 0.481 e. The van der Waals surface area contributed by atoms with Crippen LogP contribution in [0.1, 0.15) is 83.2 Å². The molecule has 1 saturated carbocycles. The van der Waals surface area contributed by atoms with Crippen LogP contribution >= 0.6 is 0 Å². The summed E-state index contributed by atoms with van der Waals surface area (Å²) in [5, 5.41) is 43.1. The Balaban J connectivity index is 1.56. The van der Waals surface area contributed by atoms with Gasteiger partial charge < -0.3 is 41.9 Å². The first-order valence-electron chi connectivity index (χ1n) is 16.9. The minimum atomic E-state index is -1.50. The third-order valence-corrected chi connectivity index (χ3v) is 8.76. The second kappa shape index (κ2) is 19.3. The molecule has 1 aliphatic carbocycles. The van der Waals surface area contributed by atoms with Gasteiger partial charge in [0.1, 0.15) is 18.1 Å². The number of benzene rings is 2. The van der Waals surface area contributed by atoms with E-state index in [4.69, 9.17) is 5.11 Å². The van der Waals surface area contributed by atoms with Gasteiger partial charge in [-0.3, -0.25) is 14.4 Å². The van der Waals surface area contributed by atoms with Crippen LogP contribution in [0, 0.1) is 11.8 Å². The summed E-state index contributed by atoms with van der Waals surface area (Å²) in [4.78, 5) is 73.1. The first-order valence-corrected chi connectivity index (χ1v) is 16.9. The zero-order valence-corrected chi connectivity index (χ0v) is 28.1. The van der Waals surface area contributed by atoms with E-state index in [1.54, 1.807) is 0 Å². The van der Waals surface area contributed by atoms with Crippen LogP contribution in [-0.2, 0) is 24.0 Å². The standard InChI is InChI=1S/C35H49N5O9/c1-21(2)37-20-22-10-12-24(13-11-22)31(43)40-30(26-15-14-23-7-3-4-8-25(23)19-26)32(44)36-18-6-5-9-27(33(45)46)38-35(49)39-28(34(47)48)16-17-29(41)42/h3-4,7-8,14-15,19,21-22,24,27-28,30,37H,5-6,9-13,16-18,20H2,1-2H3,(H,36,44)(H,40,43)(H,41,42)(H,45,46)(H,47,48)(H2,38,39,49)/t22?,24?,27-,28-,30-/m0/s1. The lowest BCUT2D eigenvalue weighted by Gasteiger charge is -2.30. The van der Waals surface area contributed by atoms with E-state index in [2.05, 4.69) is 40.4 Å². The van der Waals surface area contributed by atoms with E-state index >= 15 is 0 Å². The van der Waals surface area contributed by atoms with Crippen molar-refractivity contribution < 1.29 is 44.1 Å². The molecule has 49 heavy (non-hydrogen) atoms. The Labute approximate surface area is 285 Å². The summed E-state index contributed by atoms with van der Waals surface area (Å²) in [5.74, 6) is -4.24. The van der Waals surface area contributed by atoms with E-state index < -0.39 is 54.4 Å². The summed E-state index contributed by atoms with van der Waals surface area (Å²) in [6, 6.07) is 8.93. The topological polar surface area (TPSA) is 223 Å². The van der Waals surface area contributed by atoms with Crippen LogP contribution in [0.25, 0.3) is 10.8 Å². The van der Waals surface area contributed by atoms with E-state index in [9.17, 15) is 39.0 Å². The van der Waals surface area contributed by atoms with E-state index in [-0.39, 0.29) is 31.2 Å². The summed E-state index contributed by atoms with van der Waals surface area (Å²) in [6.45, 7) is 5.32. The maximum Gasteiger partial charge on any atom is 0.326 e. The van der Waals surface area contributed by atoms with Crippen molar-refractivity contribution in [2.45, 2.75) is 95.8 Å². The maximum absolute atomic E-state index is 13.5. The smallest absolute Gasteiger partial charge is 0.326 e. The van der Waals surface area contributed by atoms with Gasteiger partial charge in [-0.05, 0) is 86.2 Å². The number of carbonyl (C=O) groups excluding carboxylic acids is 3. The number of carboxylic acid groups (broad SMARTS) is 3. The van der Waals surface area contributed by atoms with Gasteiger partial charge in [-0.15, -0.1) is 0 Å². The normalized spacial score (nSPS) is 17.8. The molecule has 3 atom stereocenters. The Morgan fingerprint density at radius 1 is 0.776 bits per heavy atom. The summed E-state index contributed by atoms with van der Waals surface area (Å²) in [6.07, 6.45) is 3.15. The van der Waals surface area contributed by atoms with Crippen molar-refractivity contribution in [1.82, 2.24) is 26.6 Å². The van der Waals surface area contributed by atoms with E-state index in [0.717, 1.165) is 43.0 Å². The Kier molecular flexibility index (Phi) is 15.3. The zero-order valence-electron chi connectivity index (χ0n) is 28.1. The Hall–Kier alpha value is -4.72. The molecule has 0 bridgehead atoms. The summed E-state index contributed by atoms with van der Waals surface area (Å²) >= 11 is 0. The first kappa shape index (κ1) is 38.7. The van der Waals surface area contributed by atoms with Crippen LogP contribution in [0.4, 0.5) is 4.79 Å². The van der Waals surface area contributed by atoms with Crippen LogP contribution in [0.5, 0.6) is 0 Å². The molecule has 0 aliphatic heterocycles.